The van der Waals surface area contributed by atoms with E-state index in [1.165, 1.54) is 6.07 Å². The van der Waals surface area contributed by atoms with Crippen LogP contribution in [-0.4, -0.2) is 15.0 Å². The van der Waals surface area contributed by atoms with E-state index in [1.807, 2.05) is 18.2 Å². The molecule has 0 spiro atoms. The Kier molecular flexibility index (Phi) is 3.46. The molecule has 6 heteroatoms. The monoisotopic (exact) mass is 232 g/mol. The third-order valence-corrected chi connectivity index (χ3v) is 2.16. The van der Waals surface area contributed by atoms with Crippen molar-refractivity contribution in [1.82, 2.24) is 20.3 Å². The molecule has 0 aliphatic rings. The number of rotatable bonds is 4. The van der Waals surface area contributed by atoms with E-state index in [2.05, 4.69) is 20.3 Å². The Bertz CT molecular complexity index is 560. The van der Waals surface area contributed by atoms with Gasteiger partial charge in [0.05, 0.1) is 5.69 Å². The molecule has 2 aromatic heterocycles. The zero-order chi connectivity index (χ0) is 12.1. The van der Waals surface area contributed by atoms with Gasteiger partial charge >= 0.3 is 5.69 Å². The molecule has 0 aliphatic heterocycles. The number of hydrogen-bond donors (Lipinski definition) is 3. The Morgan fingerprint density at radius 3 is 2.76 bits per heavy atom. The molecule has 0 radical (unpaired) electrons. The number of H-pyrrole nitrogens is 2. The van der Waals surface area contributed by atoms with Gasteiger partial charge in [0.15, 0.2) is 0 Å². The first-order chi connectivity index (χ1) is 8.24. The molecule has 2 aromatic rings. The molecule has 88 valence electrons. The lowest BCUT2D eigenvalue weighted by Gasteiger charge is -2.03. The first-order valence-electron chi connectivity index (χ1n) is 5.17. The molecule has 0 amide bonds. The minimum Gasteiger partial charge on any atom is -0.310 e. The van der Waals surface area contributed by atoms with E-state index < -0.39 is 11.2 Å². The first kappa shape index (κ1) is 11.3. The highest BCUT2D eigenvalue weighted by molar-refractivity contribution is 5.04. The molecule has 0 aromatic carbocycles. The minimum atomic E-state index is -0.493. The van der Waals surface area contributed by atoms with E-state index >= 15 is 0 Å². The molecular weight excluding hydrogens is 220 g/mol. The van der Waals surface area contributed by atoms with Crippen LogP contribution in [0.3, 0.4) is 0 Å². The summed E-state index contributed by atoms with van der Waals surface area (Å²) in [4.78, 5) is 30.8. The van der Waals surface area contributed by atoms with Crippen molar-refractivity contribution < 1.29 is 0 Å². The van der Waals surface area contributed by atoms with Crippen LogP contribution < -0.4 is 16.6 Å². The average molecular weight is 232 g/mol. The summed E-state index contributed by atoms with van der Waals surface area (Å²) in [6.45, 7) is 0.991. The van der Waals surface area contributed by atoms with Crippen molar-refractivity contribution >= 4 is 0 Å². The predicted octanol–water partition coefficient (Wildman–Crippen LogP) is -0.252. The van der Waals surface area contributed by atoms with Crippen molar-refractivity contribution in [2.75, 3.05) is 0 Å². The first-order valence-corrected chi connectivity index (χ1v) is 5.17. The lowest BCUT2D eigenvalue weighted by Crippen LogP contribution is -2.25. The van der Waals surface area contributed by atoms with Crippen LogP contribution in [0.5, 0.6) is 0 Å². The smallest absolute Gasteiger partial charge is 0.310 e. The third-order valence-electron chi connectivity index (χ3n) is 2.16. The topological polar surface area (TPSA) is 90.6 Å². The summed E-state index contributed by atoms with van der Waals surface area (Å²) in [6.07, 6.45) is 1.71. The van der Waals surface area contributed by atoms with Crippen LogP contribution in [0.25, 0.3) is 0 Å². The van der Waals surface area contributed by atoms with Crippen molar-refractivity contribution in [3.8, 4) is 0 Å². The van der Waals surface area contributed by atoms with Crippen molar-refractivity contribution in [2.45, 2.75) is 13.1 Å². The Labute approximate surface area is 96.8 Å². The quantitative estimate of drug-likeness (QED) is 0.678. The summed E-state index contributed by atoms with van der Waals surface area (Å²) in [5.41, 5.74) is 0.560. The maximum absolute atomic E-state index is 11.0. The number of aromatic nitrogens is 3. The highest BCUT2D eigenvalue weighted by atomic mass is 16.2. The Hall–Kier alpha value is -2.21. The molecule has 0 bridgehead atoms. The number of hydrogen-bond acceptors (Lipinski definition) is 4. The molecule has 0 saturated carbocycles. The van der Waals surface area contributed by atoms with Gasteiger partial charge in [-0.05, 0) is 12.1 Å². The van der Waals surface area contributed by atoms with Gasteiger partial charge in [0.2, 0.25) is 0 Å². The largest absolute Gasteiger partial charge is 0.325 e. The summed E-state index contributed by atoms with van der Waals surface area (Å²) in [5, 5.41) is 3.09. The van der Waals surface area contributed by atoms with Gasteiger partial charge in [-0.1, -0.05) is 6.07 Å². The van der Waals surface area contributed by atoms with Crippen molar-refractivity contribution in [1.29, 1.82) is 0 Å². The second-order valence-electron chi connectivity index (χ2n) is 3.54. The van der Waals surface area contributed by atoms with E-state index in [1.54, 1.807) is 6.20 Å². The predicted molar refractivity (Wildman–Crippen MR) is 62.5 cm³/mol. The number of aromatic amines is 2. The SMILES string of the molecule is O=c1cc(CNCc2ccccn2)[nH]c(=O)[nH]1. The Morgan fingerprint density at radius 2 is 2.06 bits per heavy atom. The van der Waals surface area contributed by atoms with Crippen molar-refractivity contribution in [3.05, 3.63) is 62.7 Å². The third kappa shape index (κ3) is 3.39. The standard InChI is InChI=1S/C11H12N4O2/c16-10-5-9(14-11(17)15-10)7-12-6-8-3-1-2-4-13-8/h1-5,12H,6-7H2,(H2,14,15,16,17). The van der Waals surface area contributed by atoms with E-state index in [-0.39, 0.29) is 0 Å². The summed E-state index contributed by atoms with van der Waals surface area (Å²) in [5.74, 6) is 0. The molecule has 2 rings (SSSR count). The summed E-state index contributed by atoms with van der Waals surface area (Å²) >= 11 is 0. The van der Waals surface area contributed by atoms with Crippen LogP contribution in [0.1, 0.15) is 11.4 Å². The van der Waals surface area contributed by atoms with Gasteiger partial charge in [-0.15, -0.1) is 0 Å². The van der Waals surface area contributed by atoms with Crippen molar-refractivity contribution in [2.24, 2.45) is 0 Å². The Morgan fingerprint density at radius 1 is 1.18 bits per heavy atom. The number of nitrogens with one attached hydrogen (secondary N) is 3. The van der Waals surface area contributed by atoms with Gasteiger partial charge < -0.3 is 10.3 Å². The number of nitrogens with zero attached hydrogens (tertiary/aromatic N) is 1. The lowest BCUT2D eigenvalue weighted by molar-refractivity contribution is 0.662. The van der Waals surface area contributed by atoms with Gasteiger partial charge in [0.25, 0.3) is 5.56 Å². The molecule has 0 fully saturated rings. The van der Waals surface area contributed by atoms with Gasteiger partial charge in [-0.3, -0.25) is 14.8 Å². The average Bonchev–Trinajstić information content (AvgIpc) is 2.29. The van der Waals surface area contributed by atoms with E-state index in [4.69, 9.17) is 0 Å². The van der Waals surface area contributed by atoms with Gasteiger partial charge in [-0.2, -0.15) is 0 Å². The molecule has 3 N–H and O–H groups in total. The second-order valence-corrected chi connectivity index (χ2v) is 3.54. The molecule has 6 nitrogen and oxygen atoms in total. The van der Waals surface area contributed by atoms with E-state index in [0.717, 1.165) is 5.69 Å². The highest BCUT2D eigenvalue weighted by Crippen LogP contribution is 1.93. The maximum atomic E-state index is 11.0. The van der Waals surface area contributed by atoms with Gasteiger partial charge in [-0.25, -0.2) is 4.79 Å². The summed E-state index contributed by atoms with van der Waals surface area (Å²) in [6, 6.07) is 7.00. The molecule has 0 atom stereocenters. The van der Waals surface area contributed by atoms with Crippen molar-refractivity contribution in [3.63, 3.8) is 0 Å². The van der Waals surface area contributed by atoms with E-state index in [0.29, 0.717) is 18.8 Å². The van der Waals surface area contributed by atoms with Crippen LogP contribution >= 0.6 is 0 Å². The summed E-state index contributed by atoms with van der Waals surface area (Å²) < 4.78 is 0. The molecule has 0 unspecified atom stereocenters. The number of pyridine rings is 1. The fraction of sp³-hybridized carbons (Fsp3) is 0.182. The maximum Gasteiger partial charge on any atom is 0.325 e. The Balaban J connectivity index is 1.94. The molecule has 0 saturated heterocycles. The van der Waals surface area contributed by atoms with Crippen LogP contribution in [0.2, 0.25) is 0 Å². The zero-order valence-corrected chi connectivity index (χ0v) is 9.06. The van der Waals surface area contributed by atoms with Gasteiger partial charge in [0.1, 0.15) is 0 Å². The summed E-state index contributed by atoms with van der Waals surface area (Å²) in [7, 11) is 0. The fourth-order valence-electron chi connectivity index (χ4n) is 1.44. The highest BCUT2D eigenvalue weighted by Gasteiger charge is 1.97. The van der Waals surface area contributed by atoms with Crippen LogP contribution in [0.15, 0.2) is 40.1 Å². The minimum absolute atomic E-state index is 0.400. The molecular formula is C11H12N4O2. The molecule has 0 aliphatic carbocycles. The van der Waals surface area contributed by atoms with Crippen LogP contribution in [0, 0.1) is 0 Å². The van der Waals surface area contributed by atoms with E-state index in [9.17, 15) is 9.59 Å². The van der Waals surface area contributed by atoms with Gasteiger partial charge in [0, 0.05) is 31.0 Å². The fourth-order valence-corrected chi connectivity index (χ4v) is 1.44. The molecule has 2 heterocycles. The van der Waals surface area contributed by atoms with Crippen LogP contribution in [0.4, 0.5) is 0 Å². The second kappa shape index (κ2) is 5.22. The normalized spacial score (nSPS) is 10.4. The van der Waals surface area contributed by atoms with Crippen LogP contribution in [-0.2, 0) is 13.1 Å². The molecule has 17 heavy (non-hydrogen) atoms. The zero-order valence-electron chi connectivity index (χ0n) is 9.06. The lowest BCUT2D eigenvalue weighted by atomic mass is 10.3.